The van der Waals surface area contributed by atoms with Crippen molar-refractivity contribution in [2.24, 2.45) is 50.7 Å². The highest BCUT2D eigenvalue weighted by Crippen LogP contribution is 2.75. The number of carboxylic acids is 1. The standard InChI is InChI=1S/C43H68N2O6/c1-27(2)35-29(46)25-43(44-33(47)13-12-24-45-22-10-11-23-45)21-20-41(8)28(36(35)43)14-15-31-40(7)18-17-32(51-34(48)26-38(3,4)37(49)50)39(5,6)30(40)16-19-42(31,41)9/h27,30-32,35H,10-26H2,1-9H3,(H,44,47)(H,49,50)/t30-,31+,32-,35?,40-,41+,42+,43+/m0/s1. The Morgan fingerprint density at radius 3 is 2.29 bits per heavy atom. The smallest absolute Gasteiger partial charge is 0.309 e. The number of Topliss-reactive ketones (excluding diaryl/α,β-unsaturated/α-hetero) is 1. The Labute approximate surface area is 307 Å². The number of amides is 1. The molecule has 6 aliphatic rings. The second kappa shape index (κ2) is 13.3. The molecule has 1 heterocycles. The van der Waals surface area contributed by atoms with E-state index in [0.717, 1.165) is 77.4 Å². The number of fused-ring (bicyclic) bond motifs is 6. The fraction of sp³-hybridized carbons (Fsp3) is 0.860. The molecule has 8 heteroatoms. The van der Waals surface area contributed by atoms with Gasteiger partial charge in [0.2, 0.25) is 5.91 Å². The number of nitrogens with zero attached hydrogens (tertiary/aromatic N) is 1. The van der Waals surface area contributed by atoms with Gasteiger partial charge in [-0.1, -0.05) is 54.0 Å². The highest BCUT2D eigenvalue weighted by Gasteiger charge is 2.69. The van der Waals surface area contributed by atoms with Crippen LogP contribution in [0.1, 0.15) is 152 Å². The third kappa shape index (κ3) is 6.23. The van der Waals surface area contributed by atoms with E-state index in [1.807, 2.05) is 0 Å². The van der Waals surface area contributed by atoms with Crippen molar-refractivity contribution in [3.05, 3.63) is 11.1 Å². The lowest BCUT2D eigenvalue weighted by Crippen LogP contribution is -2.65. The van der Waals surface area contributed by atoms with Crippen molar-refractivity contribution >= 4 is 23.6 Å². The Hall–Kier alpha value is -2.22. The quantitative estimate of drug-likeness (QED) is 0.174. The first-order valence-corrected chi connectivity index (χ1v) is 20.4. The first-order valence-electron chi connectivity index (χ1n) is 20.4. The van der Waals surface area contributed by atoms with E-state index >= 15 is 0 Å². The topological polar surface area (TPSA) is 113 Å². The zero-order valence-corrected chi connectivity index (χ0v) is 33.3. The number of nitrogens with one attached hydrogen (secondary N) is 1. The molecule has 1 amide bonds. The molecular weight excluding hydrogens is 640 g/mol. The number of ketones is 1. The predicted octanol–water partition coefficient (Wildman–Crippen LogP) is 8.12. The van der Waals surface area contributed by atoms with Crippen LogP contribution in [-0.2, 0) is 23.9 Å². The molecule has 8 nitrogen and oxygen atoms in total. The second-order valence-corrected chi connectivity index (χ2v) is 20.2. The third-order valence-electron chi connectivity index (χ3n) is 16.2. The van der Waals surface area contributed by atoms with Gasteiger partial charge in [-0.15, -0.1) is 0 Å². The van der Waals surface area contributed by atoms with Crippen molar-refractivity contribution in [3.8, 4) is 0 Å². The summed E-state index contributed by atoms with van der Waals surface area (Å²) < 4.78 is 6.16. The molecule has 4 saturated carbocycles. The van der Waals surface area contributed by atoms with Crippen molar-refractivity contribution in [3.63, 3.8) is 0 Å². The number of ether oxygens (including phenoxy) is 1. The van der Waals surface area contributed by atoms with Crippen LogP contribution in [-0.4, -0.2) is 64.9 Å². The van der Waals surface area contributed by atoms with Gasteiger partial charge in [0.05, 0.1) is 17.4 Å². The lowest BCUT2D eigenvalue weighted by Gasteiger charge is -2.70. The van der Waals surface area contributed by atoms with E-state index < -0.39 is 22.9 Å². The fourth-order valence-corrected chi connectivity index (χ4v) is 13.3. The van der Waals surface area contributed by atoms with Crippen molar-refractivity contribution < 1.29 is 29.0 Å². The van der Waals surface area contributed by atoms with Crippen molar-refractivity contribution in [2.45, 2.75) is 164 Å². The number of hydrogen-bond donors (Lipinski definition) is 2. The molecule has 0 aromatic heterocycles. The molecule has 8 atom stereocenters. The number of rotatable bonds is 10. The number of allylic oxidation sites excluding steroid dienone is 1. The van der Waals surface area contributed by atoms with Crippen LogP contribution in [0.2, 0.25) is 0 Å². The van der Waals surface area contributed by atoms with Gasteiger partial charge in [-0.2, -0.15) is 0 Å². The summed E-state index contributed by atoms with van der Waals surface area (Å²) in [6.07, 6.45) is 11.7. The SMILES string of the molecule is CC(C)C1C(=O)C[C@]2(NC(=O)CCCN3CCCC3)CC[C@]3(C)C(=C12)CC[C@@H]1[C@@]2(C)CC[C@H](OC(=O)CC(C)(C)C(=O)O)C(C)(C)[C@@H]2CC[C@]13C. The number of aliphatic carboxylic acids is 1. The predicted molar refractivity (Wildman–Crippen MR) is 199 cm³/mol. The van der Waals surface area contributed by atoms with Crippen LogP contribution in [0, 0.1) is 50.7 Å². The Morgan fingerprint density at radius 2 is 1.65 bits per heavy atom. The minimum Gasteiger partial charge on any atom is -0.481 e. The molecule has 5 aliphatic carbocycles. The van der Waals surface area contributed by atoms with E-state index in [4.69, 9.17) is 4.74 Å². The average Bonchev–Trinajstić information content (AvgIpc) is 3.64. The van der Waals surface area contributed by atoms with Gasteiger partial charge < -0.3 is 20.1 Å². The molecular formula is C43H68N2O6. The van der Waals surface area contributed by atoms with Gasteiger partial charge in [-0.3, -0.25) is 19.2 Å². The maximum atomic E-state index is 14.0. The largest absolute Gasteiger partial charge is 0.481 e. The molecule has 51 heavy (non-hydrogen) atoms. The molecule has 0 spiro atoms. The number of carbonyl (C=O) groups is 4. The maximum absolute atomic E-state index is 14.0. The van der Waals surface area contributed by atoms with E-state index in [0.29, 0.717) is 30.5 Å². The number of carbonyl (C=O) groups excluding carboxylic acids is 3. The Morgan fingerprint density at radius 1 is 0.961 bits per heavy atom. The van der Waals surface area contributed by atoms with Crippen LogP contribution < -0.4 is 5.32 Å². The van der Waals surface area contributed by atoms with E-state index in [1.165, 1.54) is 24.0 Å². The number of carboxylic acid groups (broad SMARTS) is 1. The summed E-state index contributed by atoms with van der Waals surface area (Å²) in [4.78, 5) is 54.9. The van der Waals surface area contributed by atoms with Crippen molar-refractivity contribution in [1.82, 2.24) is 10.2 Å². The Balaban J connectivity index is 1.26. The molecule has 1 unspecified atom stereocenters. The molecule has 0 bridgehead atoms. The molecule has 286 valence electrons. The van der Waals surface area contributed by atoms with Crippen molar-refractivity contribution in [1.29, 1.82) is 0 Å². The van der Waals surface area contributed by atoms with Crippen LogP contribution >= 0.6 is 0 Å². The second-order valence-electron chi connectivity index (χ2n) is 20.2. The molecule has 2 N–H and O–H groups in total. The highest BCUT2D eigenvalue weighted by molar-refractivity contribution is 5.93. The Bertz CT molecular complexity index is 1460. The molecule has 0 aromatic rings. The number of hydrogen-bond acceptors (Lipinski definition) is 6. The minimum absolute atomic E-state index is 0.0446. The molecule has 1 saturated heterocycles. The van der Waals surface area contributed by atoms with Gasteiger partial charge in [0.15, 0.2) is 0 Å². The fourth-order valence-electron chi connectivity index (χ4n) is 13.3. The summed E-state index contributed by atoms with van der Waals surface area (Å²) in [7, 11) is 0. The lowest BCUT2D eigenvalue weighted by atomic mass is 9.34. The van der Waals surface area contributed by atoms with Crippen LogP contribution in [0.4, 0.5) is 0 Å². The summed E-state index contributed by atoms with van der Waals surface area (Å²) in [6, 6.07) is 0. The normalized spacial score (nSPS) is 39.2. The minimum atomic E-state index is -1.16. The van der Waals surface area contributed by atoms with Crippen LogP contribution in [0.3, 0.4) is 0 Å². The lowest BCUT2D eigenvalue weighted by molar-refractivity contribution is -0.214. The summed E-state index contributed by atoms with van der Waals surface area (Å²) in [5, 5.41) is 13.2. The van der Waals surface area contributed by atoms with Crippen LogP contribution in [0.15, 0.2) is 11.1 Å². The van der Waals surface area contributed by atoms with E-state index in [-0.39, 0.29) is 51.9 Å². The summed E-state index contributed by atoms with van der Waals surface area (Å²) in [6.45, 7) is 22.9. The molecule has 5 fully saturated rings. The van der Waals surface area contributed by atoms with E-state index in [1.54, 1.807) is 13.8 Å². The zero-order valence-electron chi connectivity index (χ0n) is 33.3. The maximum Gasteiger partial charge on any atom is 0.309 e. The average molecular weight is 709 g/mol. The first-order chi connectivity index (χ1) is 23.7. The summed E-state index contributed by atoms with van der Waals surface area (Å²) >= 11 is 0. The van der Waals surface area contributed by atoms with Gasteiger partial charge in [0.25, 0.3) is 0 Å². The van der Waals surface area contributed by atoms with E-state index in [2.05, 4.69) is 58.7 Å². The third-order valence-corrected chi connectivity index (χ3v) is 16.2. The molecule has 0 radical (unpaired) electrons. The van der Waals surface area contributed by atoms with E-state index in [9.17, 15) is 24.3 Å². The van der Waals surface area contributed by atoms with Gasteiger partial charge in [-0.25, -0.2) is 0 Å². The first kappa shape index (κ1) is 38.5. The van der Waals surface area contributed by atoms with Crippen LogP contribution in [0.25, 0.3) is 0 Å². The number of likely N-dealkylation sites (tertiary alicyclic amines) is 1. The van der Waals surface area contributed by atoms with Gasteiger partial charge >= 0.3 is 11.9 Å². The van der Waals surface area contributed by atoms with Gasteiger partial charge in [0, 0.05) is 24.2 Å². The summed E-state index contributed by atoms with van der Waals surface area (Å²) in [5.74, 6) is -0.0755. The monoisotopic (exact) mass is 709 g/mol. The van der Waals surface area contributed by atoms with Crippen LogP contribution in [0.5, 0.6) is 0 Å². The molecule has 1 aliphatic heterocycles. The highest BCUT2D eigenvalue weighted by atomic mass is 16.5. The number of esters is 1. The molecule has 0 aromatic carbocycles. The summed E-state index contributed by atoms with van der Waals surface area (Å²) in [5.41, 5.74) is 0.885. The zero-order chi connectivity index (χ0) is 37.4. The van der Waals surface area contributed by atoms with Crippen molar-refractivity contribution in [2.75, 3.05) is 19.6 Å². The van der Waals surface area contributed by atoms with Gasteiger partial charge in [-0.05, 0) is 144 Å². The Kier molecular flexibility index (Phi) is 10.0. The molecule has 6 rings (SSSR count). The van der Waals surface area contributed by atoms with Gasteiger partial charge in [0.1, 0.15) is 11.9 Å².